The molecule has 1 atom stereocenters. The largest absolute Gasteiger partial charge is 0.0720 e. The molecule has 1 heteroatoms. The summed E-state index contributed by atoms with van der Waals surface area (Å²) in [6.07, 6.45) is 11.6. The number of hydrogen-bond acceptors (Lipinski definition) is 0. The van der Waals surface area contributed by atoms with Crippen molar-refractivity contribution in [2.75, 3.05) is 0 Å². The molecule has 1 unspecified atom stereocenters. The van der Waals surface area contributed by atoms with E-state index in [-0.39, 0.29) is 8.41 Å². The highest BCUT2D eigenvalue weighted by Gasteiger charge is 2.20. The highest BCUT2D eigenvalue weighted by atomic mass is 28.2. The molecule has 0 aromatic heterocycles. The van der Waals surface area contributed by atoms with Crippen LogP contribution in [0.5, 0.6) is 0 Å². The summed E-state index contributed by atoms with van der Waals surface area (Å²) < 4.78 is 0. The van der Waals surface area contributed by atoms with E-state index < -0.39 is 0 Å². The molecule has 0 radical (unpaired) electrons. The van der Waals surface area contributed by atoms with Gasteiger partial charge in [-0.1, -0.05) is 67.7 Å². The first kappa shape index (κ1) is 10.7. The maximum absolute atomic E-state index is 2.39. The molecule has 0 heterocycles. The fourth-order valence-electron chi connectivity index (χ4n) is 2.51. The van der Waals surface area contributed by atoms with Crippen LogP contribution >= 0.6 is 0 Å². The number of hydrogen-bond donors (Lipinski definition) is 0. The highest BCUT2D eigenvalue weighted by Crippen LogP contribution is 2.36. The summed E-state index contributed by atoms with van der Waals surface area (Å²) in [5.41, 5.74) is 4.27. The van der Waals surface area contributed by atoms with Crippen LogP contribution in [0.3, 0.4) is 0 Å². The standard InChI is InChI=1S/C16H16Si/c1-17(2)14-9-7-13(11-14)16-10-8-12-5-3-4-6-15(12)16/h3-11,16H,1-2H3. The van der Waals surface area contributed by atoms with Crippen molar-refractivity contribution >= 4 is 19.7 Å². The van der Waals surface area contributed by atoms with Gasteiger partial charge in [-0.05, 0) is 21.9 Å². The molecule has 84 valence electrons. The minimum atomic E-state index is -0.321. The van der Waals surface area contributed by atoms with Gasteiger partial charge in [0.25, 0.3) is 0 Å². The third-order valence-electron chi connectivity index (χ3n) is 3.51. The Hall–Kier alpha value is -1.47. The van der Waals surface area contributed by atoms with Crippen LogP contribution in [0, 0.1) is 0 Å². The lowest BCUT2D eigenvalue weighted by atomic mass is 9.94. The summed E-state index contributed by atoms with van der Waals surface area (Å²) in [5.74, 6) is 0.473. The Kier molecular flexibility index (Phi) is 2.56. The molecule has 0 saturated carbocycles. The van der Waals surface area contributed by atoms with Crippen molar-refractivity contribution in [2.45, 2.75) is 19.0 Å². The first-order valence-corrected chi connectivity index (χ1v) is 8.60. The van der Waals surface area contributed by atoms with E-state index in [0.717, 1.165) is 0 Å². The first-order valence-electron chi connectivity index (χ1n) is 6.10. The maximum Gasteiger partial charge on any atom is 0.0278 e. The van der Waals surface area contributed by atoms with Crippen LogP contribution in [0.2, 0.25) is 13.1 Å². The zero-order chi connectivity index (χ0) is 11.8. The van der Waals surface area contributed by atoms with E-state index >= 15 is 0 Å². The van der Waals surface area contributed by atoms with Gasteiger partial charge in [-0.25, -0.2) is 0 Å². The number of rotatable bonds is 1. The van der Waals surface area contributed by atoms with Crippen LogP contribution in [-0.2, 0) is 0 Å². The van der Waals surface area contributed by atoms with E-state index in [0.29, 0.717) is 5.92 Å². The van der Waals surface area contributed by atoms with Gasteiger partial charge in [-0.15, -0.1) is 0 Å². The predicted molar refractivity (Wildman–Crippen MR) is 77.9 cm³/mol. The van der Waals surface area contributed by atoms with Crippen molar-refractivity contribution in [2.24, 2.45) is 0 Å². The fourth-order valence-corrected chi connectivity index (χ4v) is 3.38. The topological polar surface area (TPSA) is 0 Å². The highest BCUT2D eigenvalue weighted by molar-refractivity contribution is 6.73. The zero-order valence-electron chi connectivity index (χ0n) is 10.3. The monoisotopic (exact) mass is 236 g/mol. The van der Waals surface area contributed by atoms with Crippen molar-refractivity contribution in [1.29, 1.82) is 0 Å². The van der Waals surface area contributed by atoms with Gasteiger partial charge in [-0.2, -0.15) is 0 Å². The van der Waals surface area contributed by atoms with Gasteiger partial charge in [0.05, 0.1) is 0 Å². The maximum atomic E-state index is 2.39. The van der Waals surface area contributed by atoms with Gasteiger partial charge in [0, 0.05) is 14.3 Å². The van der Waals surface area contributed by atoms with Crippen LogP contribution in [0.25, 0.3) is 6.08 Å². The van der Waals surface area contributed by atoms with E-state index in [1.807, 2.05) is 0 Å². The summed E-state index contributed by atoms with van der Waals surface area (Å²) in [4.78, 5) is 0. The Labute approximate surface area is 104 Å². The van der Waals surface area contributed by atoms with Gasteiger partial charge >= 0.3 is 0 Å². The van der Waals surface area contributed by atoms with Crippen LogP contribution in [0.15, 0.2) is 54.1 Å². The van der Waals surface area contributed by atoms with Crippen LogP contribution in [-0.4, -0.2) is 13.6 Å². The van der Waals surface area contributed by atoms with Gasteiger partial charge in [0.1, 0.15) is 0 Å². The normalized spacial score (nSPS) is 20.7. The van der Waals surface area contributed by atoms with Crippen molar-refractivity contribution in [3.63, 3.8) is 0 Å². The molecule has 2 aliphatic carbocycles. The lowest BCUT2D eigenvalue weighted by Crippen LogP contribution is -2.01. The molecule has 0 saturated heterocycles. The average molecular weight is 236 g/mol. The third kappa shape index (κ3) is 1.81. The van der Waals surface area contributed by atoms with E-state index in [9.17, 15) is 0 Å². The van der Waals surface area contributed by atoms with Crippen molar-refractivity contribution in [1.82, 2.24) is 0 Å². The molecule has 0 bridgehead atoms. The quantitative estimate of drug-likeness (QED) is 0.651. The number of fused-ring (bicyclic) bond motifs is 1. The van der Waals surface area contributed by atoms with Crippen molar-refractivity contribution in [3.8, 4) is 0 Å². The minimum Gasteiger partial charge on any atom is -0.0720 e. The molecule has 3 rings (SSSR count). The molecular formula is C16H16Si. The lowest BCUT2D eigenvalue weighted by molar-refractivity contribution is 1.06. The third-order valence-corrected chi connectivity index (χ3v) is 4.98. The SMILES string of the molecule is C[Si](C)=C1C=CC(C2C=Cc3ccccc32)=C1. The zero-order valence-corrected chi connectivity index (χ0v) is 11.3. The van der Waals surface area contributed by atoms with Gasteiger partial charge in [0.2, 0.25) is 0 Å². The van der Waals surface area contributed by atoms with Gasteiger partial charge in [0.15, 0.2) is 0 Å². The molecule has 17 heavy (non-hydrogen) atoms. The summed E-state index contributed by atoms with van der Waals surface area (Å²) in [7, 11) is -0.321. The molecule has 0 nitrogen and oxygen atoms in total. The van der Waals surface area contributed by atoms with E-state index in [1.165, 1.54) is 16.7 Å². The second-order valence-electron chi connectivity index (χ2n) is 4.90. The Balaban J connectivity index is 2.00. The second kappa shape index (κ2) is 4.08. The van der Waals surface area contributed by atoms with Gasteiger partial charge < -0.3 is 0 Å². The minimum absolute atomic E-state index is 0.321. The summed E-state index contributed by atoms with van der Waals surface area (Å²) in [5, 5.41) is 1.54. The Morgan fingerprint density at radius 3 is 2.59 bits per heavy atom. The molecule has 0 spiro atoms. The Bertz CT molecular complexity index is 581. The van der Waals surface area contributed by atoms with Crippen molar-refractivity contribution < 1.29 is 0 Å². The fraction of sp³-hybridized carbons (Fsp3) is 0.188. The average Bonchev–Trinajstić information content (AvgIpc) is 2.95. The summed E-state index contributed by atoms with van der Waals surface area (Å²) in [6.45, 7) is 4.70. The van der Waals surface area contributed by atoms with Crippen molar-refractivity contribution in [3.05, 3.63) is 65.3 Å². The van der Waals surface area contributed by atoms with E-state index in [1.54, 1.807) is 5.17 Å². The first-order chi connectivity index (χ1) is 8.25. The summed E-state index contributed by atoms with van der Waals surface area (Å²) >= 11 is 0. The molecule has 0 aliphatic heterocycles. The molecular weight excluding hydrogens is 220 g/mol. The Morgan fingerprint density at radius 1 is 1.00 bits per heavy atom. The molecule has 0 amide bonds. The van der Waals surface area contributed by atoms with Crippen LogP contribution in [0.1, 0.15) is 17.0 Å². The number of allylic oxidation sites excluding steroid dienone is 5. The number of benzene rings is 1. The molecule has 2 aliphatic rings. The lowest BCUT2D eigenvalue weighted by Gasteiger charge is -2.10. The Morgan fingerprint density at radius 2 is 1.82 bits per heavy atom. The smallest absolute Gasteiger partial charge is 0.0278 e. The second-order valence-corrected chi connectivity index (χ2v) is 7.48. The molecule has 1 aromatic carbocycles. The molecule has 0 fully saturated rings. The van der Waals surface area contributed by atoms with Crippen LogP contribution in [0.4, 0.5) is 0 Å². The molecule has 0 N–H and O–H groups in total. The summed E-state index contributed by atoms with van der Waals surface area (Å²) in [6, 6.07) is 8.69. The van der Waals surface area contributed by atoms with Crippen LogP contribution < -0.4 is 0 Å². The van der Waals surface area contributed by atoms with E-state index in [2.05, 4.69) is 67.7 Å². The predicted octanol–water partition coefficient (Wildman–Crippen LogP) is 3.80. The van der Waals surface area contributed by atoms with E-state index in [4.69, 9.17) is 0 Å². The van der Waals surface area contributed by atoms with Gasteiger partial charge in [-0.3, -0.25) is 0 Å². The molecule has 1 aromatic rings.